The van der Waals surface area contributed by atoms with Crippen molar-refractivity contribution in [3.8, 4) is 0 Å². The predicted octanol–water partition coefficient (Wildman–Crippen LogP) is 0.863. The lowest BCUT2D eigenvalue weighted by molar-refractivity contribution is -0.123. The van der Waals surface area contributed by atoms with E-state index in [1.54, 1.807) is 0 Å². The van der Waals surface area contributed by atoms with Gasteiger partial charge in [-0.05, 0) is 26.7 Å². The standard InChI is InChI=1S/C13H19N3O2/c1-7-10(8(2)16-15-7)5-13(17)14-11-6-12-9(11)3-4-18-12/h9,11-12H,3-6H2,1-2H3,(H,14,17)(H,15,16)/t9-,11+,12+/m1/s1. The van der Waals surface area contributed by atoms with Gasteiger partial charge in [0.05, 0.1) is 18.2 Å². The molecule has 18 heavy (non-hydrogen) atoms. The molecule has 3 atom stereocenters. The van der Waals surface area contributed by atoms with Gasteiger partial charge in [-0.3, -0.25) is 9.89 Å². The molecule has 2 heterocycles. The molecule has 98 valence electrons. The molecule has 1 aromatic rings. The average Bonchev–Trinajstić information content (AvgIpc) is 2.83. The second-order valence-electron chi connectivity index (χ2n) is 5.36. The Labute approximate surface area is 106 Å². The first kappa shape index (κ1) is 11.7. The molecule has 1 saturated heterocycles. The Kier molecular flexibility index (Phi) is 2.86. The van der Waals surface area contributed by atoms with Crippen molar-refractivity contribution in [1.29, 1.82) is 0 Å². The summed E-state index contributed by atoms with van der Waals surface area (Å²) in [6.45, 7) is 4.73. The third-order valence-corrected chi connectivity index (χ3v) is 4.23. The molecule has 1 aliphatic carbocycles. The molecule has 2 aliphatic rings. The summed E-state index contributed by atoms with van der Waals surface area (Å²) in [5.74, 6) is 0.637. The number of amides is 1. The summed E-state index contributed by atoms with van der Waals surface area (Å²) in [7, 11) is 0. The van der Waals surface area contributed by atoms with Gasteiger partial charge < -0.3 is 10.1 Å². The smallest absolute Gasteiger partial charge is 0.224 e. The number of nitrogens with one attached hydrogen (secondary N) is 2. The number of carbonyl (C=O) groups is 1. The van der Waals surface area contributed by atoms with E-state index in [4.69, 9.17) is 4.74 Å². The van der Waals surface area contributed by atoms with Crippen molar-refractivity contribution in [1.82, 2.24) is 15.5 Å². The van der Waals surface area contributed by atoms with Crippen LogP contribution in [0.25, 0.3) is 0 Å². The summed E-state index contributed by atoms with van der Waals surface area (Å²) in [6.07, 6.45) is 2.87. The Morgan fingerprint density at radius 1 is 1.56 bits per heavy atom. The SMILES string of the molecule is Cc1n[nH]c(C)c1CC(=O)N[C@H]1C[C@@H]2OCC[C@H]12. The zero-order valence-corrected chi connectivity index (χ0v) is 10.8. The van der Waals surface area contributed by atoms with Crippen molar-refractivity contribution in [2.24, 2.45) is 5.92 Å². The fourth-order valence-corrected chi connectivity index (χ4v) is 3.02. The van der Waals surface area contributed by atoms with Crippen molar-refractivity contribution in [3.63, 3.8) is 0 Å². The van der Waals surface area contributed by atoms with Crippen LogP contribution in [0.15, 0.2) is 0 Å². The molecule has 2 fully saturated rings. The molecule has 0 radical (unpaired) electrons. The second-order valence-corrected chi connectivity index (χ2v) is 5.36. The molecular weight excluding hydrogens is 230 g/mol. The number of nitrogens with zero attached hydrogens (tertiary/aromatic N) is 1. The number of aromatic nitrogens is 2. The number of ether oxygens (including phenoxy) is 1. The van der Waals surface area contributed by atoms with Crippen LogP contribution in [-0.4, -0.2) is 34.9 Å². The van der Waals surface area contributed by atoms with Gasteiger partial charge in [-0.1, -0.05) is 0 Å². The van der Waals surface area contributed by atoms with E-state index in [2.05, 4.69) is 15.5 Å². The summed E-state index contributed by atoms with van der Waals surface area (Å²) in [5.41, 5.74) is 2.92. The molecule has 0 unspecified atom stereocenters. The number of H-pyrrole nitrogens is 1. The van der Waals surface area contributed by atoms with Crippen LogP contribution in [0.4, 0.5) is 0 Å². The minimum atomic E-state index is 0.0953. The third kappa shape index (κ3) is 1.92. The quantitative estimate of drug-likeness (QED) is 0.835. The fraction of sp³-hybridized carbons (Fsp3) is 0.692. The molecule has 0 spiro atoms. The normalized spacial score (nSPS) is 29.8. The molecule has 2 N–H and O–H groups in total. The Hall–Kier alpha value is -1.36. The highest BCUT2D eigenvalue weighted by Crippen LogP contribution is 2.38. The predicted molar refractivity (Wildman–Crippen MR) is 66.2 cm³/mol. The van der Waals surface area contributed by atoms with Crippen LogP contribution in [0.2, 0.25) is 0 Å². The Bertz CT molecular complexity index is 449. The van der Waals surface area contributed by atoms with Crippen LogP contribution in [0.3, 0.4) is 0 Å². The van der Waals surface area contributed by atoms with Crippen molar-refractivity contribution < 1.29 is 9.53 Å². The lowest BCUT2D eigenvalue weighted by atomic mass is 9.76. The van der Waals surface area contributed by atoms with Crippen LogP contribution in [-0.2, 0) is 16.0 Å². The van der Waals surface area contributed by atoms with Crippen molar-refractivity contribution in [2.75, 3.05) is 6.61 Å². The second kappa shape index (κ2) is 4.39. The van der Waals surface area contributed by atoms with Gasteiger partial charge in [0.15, 0.2) is 0 Å². The zero-order valence-electron chi connectivity index (χ0n) is 10.8. The molecule has 5 nitrogen and oxygen atoms in total. The van der Waals surface area contributed by atoms with Gasteiger partial charge in [0.25, 0.3) is 0 Å². The molecule has 3 rings (SSSR count). The highest BCUT2D eigenvalue weighted by molar-refractivity contribution is 5.79. The number of carbonyl (C=O) groups excluding carboxylic acids is 1. The molecule has 1 aliphatic heterocycles. The lowest BCUT2D eigenvalue weighted by Crippen LogP contribution is -2.53. The van der Waals surface area contributed by atoms with E-state index in [0.717, 1.165) is 36.4 Å². The van der Waals surface area contributed by atoms with E-state index in [0.29, 0.717) is 24.5 Å². The summed E-state index contributed by atoms with van der Waals surface area (Å²) in [6, 6.07) is 0.317. The van der Waals surface area contributed by atoms with Crippen molar-refractivity contribution in [3.05, 3.63) is 17.0 Å². The molecular formula is C13H19N3O2. The van der Waals surface area contributed by atoms with E-state index in [1.807, 2.05) is 13.8 Å². The minimum Gasteiger partial charge on any atom is -0.378 e. The number of aromatic amines is 1. The van der Waals surface area contributed by atoms with Gasteiger partial charge in [-0.2, -0.15) is 5.10 Å². The highest BCUT2D eigenvalue weighted by Gasteiger charge is 2.45. The summed E-state index contributed by atoms with van der Waals surface area (Å²) < 4.78 is 5.54. The first-order valence-electron chi connectivity index (χ1n) is 6.56. The van der Waals surface area contributed by atoms with E-state index in [-0.39, 0.29) is 5.91 Å². The summed E-state index contributed by atoms with van der Waals surface area (Å²) in [5, 5.41) is 10.1. The zero-order chi connectivity index (χ0) is 12.7. The van der Waals surface area contributed by atoms with E-state index < -0.39 is 0 Å². The van der Waals surface area contributed by atoms with Crippen LogP contribution >= 0.6 is 0 Å². The Morgan fingerprint density at radius 3 is 3.06 bits per heavy atom. The van der Waals surface area contributed by atoms with E-state index in [9.17, 15) is 4.79 Å². The van der Waals surface area contributed by atoms with Crippen LogP contribution in [0.1, 0.15) is 29.8 Å². The Balaban J connectivity index is 1.56. The fourth-order valence-electron chi connectivity index (χ4n) is 3.02. The summed E-state index contributed by atoms with van der Waals surface area (Å²) in [4.78, 5) is 12.0. The third-order valence-electron chi connectivity index (χ3n) is 4.23. The minimum absolute atomic E-state index is 0.0953. The van der Waals surface area contributed by atoms with Crippen LogP contribution < -0.4 is 5.32 Å². The largest absolute Gasteiger partial charge is 0.378 e. The van der Waals surface area contributed by atoms with Gasteiger partial charge >= 0.3 is 0 Å². The highest BCUT2D eigenvalue weighted by atomic mass is 16.5. The number of hydrogen-bond donors (Lipinski definition) is 2. The topological polar surface area (TPSA) is 67.0 Å². The van der Waals surface area contributed by atoms with Gasteiger partial charge in [-0.15, -0.1) is 0 Å². The first-order chi connectivity index (χ1) is 8.65. The van der Waals surface area contributed by atoms with Gasteiger partial charge in [0.2, 0.25) is 5.91 Å². The summed E-state index contributed by atoms with van der Waals surface area (Å²) >= 11 is 0. The molecule has 0 bridgehead atoms. The molecule has 0 aromatic carbocycles. The monoisotopic (exact) mass is 249 g/mol. The van der Waals surface area contributed by atoms with Gasteiger partial charge in [-0.25, -0.2) is 0 Å². The number of fused-ring (bicyclic) bond motifs is 1. The van der Waals surface area contributed by atoms with Gasteiger partial charge in [0, 0.05) is 29.8 Å². The molecule has 1 saturated carbocycles. The van der Waals surface area contributed by atoms with Crippen molar-refractivity contribution in [2.45, 2.75) is 45.3 Å². The lowest BCUT2D eigenvalue weighted by Gasteiger charge is -2.39. The first-order valence-corrected chi connectivity index (χ1v) is 6.56. The number of rotatable bonds is 3. The van der Waals surface area contributed by atoms with Crippen LogP contribution in [0, 0.1) is 19.8 Å². The van der Waals surface area contributed by atoms with Gasteiger partial charge in [0.1, 0.15) is 0 Å². The molecule has 5 heteroatoms. The van der Waals surface area contributed by atoms with Crippen molar-refractivity contribution >= 4 is 5.91 Å². The van der Waals surface area contributed by atoms with Crippen LogP contribution in [0.5, 0.6) is 0 Å². The van der Waals surface area contributed by atoms with E-state index in [1.165, 1.54) is 0 Å². The number of aryl methyl sites for hydroxylation is 2. The molecule has 1 amide bonds. The molecule has 1 aromatic heterocycles. The maximum absolute atomic E-state index is 12.0. The van der Waals surface area contributed by atoms with E-state index >= 15 is 0 Å². The average molecular weight is 249 g/mol. The maximum atomic E-state index is 12.0. The maximum Gasteiger partial charge on any atom is 0.224 e. The Morgan fingerprint density at radius 2 is 2.39 bits per heavy atom. The number of hydrogen-bond acceptors (Lipinski definition) is 3.